The van der Waals surface area contributed by atoms with Gasteiger partial charge in [-0.2, -0.15) is 0 Å². The van der Waals surface area contributed by atoms with Gasteiger partial charge in [0, 0.05) is 22.7 Å². The summed E-state index contributed by atoms with van der Waals surface area (Å²) in [6, 6.07) is 18.4. The molecule has 0 radical (unpaired) electrons. The van der Waals surface area contributed by atoms with Crippen LogP contribution in [0.25, 0.3) is 20.7 Å². The maximum Gasteiger partial charge on any atom is 0.271 e. The van der Waals surface area contributed by atoms with Crippen molar-refractivity contribution in [3.8, 4) is 10.4 Å². The van der Waals surface area contributed by atoms with Gasteiger partial charge >= 0.3 is 0 Å². The number of rotatable bonds is 4. The molecule has 1 N–H and O–H groups in total. The number of hydrogen-bond acceptors (Lipinski definition) is 6. The molecule has 2 heterocycles. The van der Waals surface area contributed by atoms with Gasteiger partial charge in [0.25, 0.3) is 5.69 Å². The average Bonchev–Trinajstić information content (AvgIpc) is 3.08. The van der Waals surface area contributed by atoms with E-state index in [1.54, 1.807) is 23.5 Å². The highest BCUT2D eigenvalue weighted by atomic mass is 32.1. The van der Waals surface area contributed by atoms with Crippen molar-refractivity contribution < 1.29 is 4.92 Å². The number of hydrogen-bond donors (Lipinski definition) is 1. The number of thiophene rings is 1. The zero-order valence-electron chi connectivity index (χ0n) is 12.9. The van der Waals surface area contributed by atoms with Crippen LogP contribution in [0.4, 0.5) is 17.2 Å². The van der Waals surface area contributed by atoms with Crippen molar-refractivity contribution in [1.82, 2.24) is 9.97 Å². The predicted molar refractivity (Wildman–Crippen MR) is 99.2 cm³/mol. The van der Waals surface area contributed by atoms with Crippen LogP contribution >= 0.6 is 11.3 Å². The van der Waals surface area contributed by atoms with E-state index in [-0.39, 0.29) is 5.69 Å². The Morgan fingerprint density at radius 3 is 2.64 bits per heavy atom. The van der Waals surface area contributed by atoms with Crippen LogP contribution in [0.2, 0.25) is 0 Å². The summed E-state index contributed by atoms with van der Waals surface area (Å²) < 4.78 is 0. The second-order valence-electron chi connectivity index (χ2n) is 5.35. The molecule has 25 heavy (non-hydrogen) atoms. The highest BCUT2D eigenvalue weighted by Gasteiger charge is 2.11. The third kappa shape index (κ3) is 3.05. The normalized spacial score (nSPS) is 10.7. The van der Waals surface area contributed by atoms with Crippen LogP contribution in [-0.2, 0) is 0 Å². The number of nitrogens with zero attached hydrogens (tertiary/aromatic N) is 3. The molecule has 4 aromatic rings. The zero-order valence-corrected chi connectivity index (χ0v) is 13.7. The molecule has 0 amide bonds. The molecule has 4 rings (SSSR count). The summed E-state index contributed by atoms with van der Waals surface area (Å²) in [4.78, 5) is 21.1. The Morgan fingerprint density at radius 1 is 1.00 bits per heavy atom. The smallest absolute Gasteiger partial charge is 0.271 e. The van der Waals surface area contributed by atoms with Gasteiger partial charge in [0.1, 0.15) is 17.0 Å². The van der Waals surface area contributed by atoms with E-state index in [2.05, 4.69) is 15.3 Å². The molecule has 0 aliphatic heterocycles. The Labute approximate surface area is 147 Å². The lowest BCUT2D eigenvalue weighted by molar-refractivity contribution is -0.384. The highest BCUT2D eigenvalue weighted by Crippen LogP contribution is 2.35. The zero-order chi connectivity index (χ0) is 17.2. The van der Waals surface area contributed by atoms with Crippen LogP contribution in [0.15, 0.2) is 67.0 Å². The number of nitro benzene ring substituents is 1. The van der Waals surface area contributed by atoms with Gasteiger partial charge in [0.2, 0.25) is 0 Å². The third-order valence-corrected chi connectivity index (χ3v) is 4.80. The quantitative estimate of drug-likeness (QED) is 0.414. The van der Waals surface area contributed by atoms with Crippen LogP contribution in [-0.4, -0.2) is 14.9 Å². The van der Waals surface area contributed by atoms with E-state index in [0.29, 0.717) is 11.5 Å². The average molecular weight is 348 g/mol. The number of nitrogens with one attached hydrogen (secondary N) is 1. The molecule has 2 aromatic carbocycles. The number of nitro groups is 1. The second kappa shape index (κ2) is 6.29. The molecule has 0 atom stereocenters. The monoisotopic (exact) mass is 348 g/mol. The summed E-state index contributed by atoms with van der Waals surface area (Å²) in [5.74, 6) is 0.629. The summed E-state index contributed by atoms with van der Waals surface area (Å²) in [5.41, 5.74) is 1.76. The van der Waals surface area contributed by atoms with Crippen LogP contribution in [0.5, 0.6) is 0 Å². The van der Waals surface area contributed by atoms with Crippen LogP contribution in [0.3, 0.4) is 0 Å². The first kappa shape index (κ1) is 15.2. The third-order valence-electron chi connectivity index (χ3n) is 3.71. The summed E-state index contributed by atoms with van der Waals surface area (Å²) in [6.07, 6.45) is 1.49. The van der Waals surface area contributed by atoms with E-state index >= 15 is 0 Å². The number of aromatic nitrogens is 2. The number of non-ortho nitro benzene ring substituents is 1. The lowest BCUT2D eigenvalue weighted by Crippen LogP contribution is -1.95. The molecule has 0 aliphatic carbocycles. The van der Waals surface area contributed by atoms with Crippen molar-refractivity contribution in [1.29, 1.82) is 0 Å². The van der Waals surface area contributed by atoms with Gasteiger partial charge < -0.3 is 5.32 Å². The standard InChI is InChI=1S/C18H12N4O2S/c23-22(24)14-8-4-7-13(9-14)21-17-15-10-16(12-5-2-1-3-6-12)25-18(15)20-11-19-17/h1-11H,(H,19,20,21). The number of anilines is 2. The number of fused-ring (bicyclic) bond motifs is 1. The van der Waals surface area contributed by atoms with Gasteiger partial charge in [-0.25, -0.2) is 9.97 Å². The van der Waals surface area contributed by atoms with E-state index in [1.165, 1.54) is 18.5 Å². The number of benzene rings is 2. The Morgan fingerprint density at radius 2 is 1.84 bits per heavy atom. The van der Waals surface area contributed by atoms with Gasteiger partial charge in [0.05, 0.1) is 10.3 Å². The molecule has 0 aliphatic rings. The molecule has 122 valence electrons. The van der Waals surface area contributed by atoms with Crippen molar-refractivity contribution in [3.05, 3.63) is 77.1 Å². The SMILES string of the molecule is O=[N+]([O-])c1cccc(Nc2ncnc3sc(-c4ccccc4)cc23)c1. The summed E-state index contributed by atoms with van der Waals surface area (Å²) in [7, 11) is 0. The maximum atomic E-state index is 10.9. The van der Waals surface area contributed by atoms with E-state index in [1.807, 2.05) is 36.4 Å². The highest BCUT2D eigenvalue weighted by molar-refractivity contribution is 7.21. The van der Waals surface area contributed by atoms with Crippen molar-refractivity contribution in [3.63, 3.8) is 0 Å². The van der Waals surface area contributed by atoms with E-state index in [9.17, 15) is 10.1 Å². The fraction of sp³-hybridized carbons (Fsp3) is 0. The van der Waals surface area contributed by atoms with Crippen molar-refractivity contribution in [2.45, 2.75) is 0 Å². The molecule has 0 saturated carbocycles. The Hall–Kier alpha value is -3.32. The van der Waals surface area contributed by atoms with E-state index < -0.39 is 4.92 Å². The molecule has 0 spiro atoms. The molecule has 6 nitrogen and oxygen atoms in total. The molecule has 0 bridgehead atoms. The fourth-order valence-electron chi connectivity index (χ4n) is 2.53. The Bertz CT molecular complexity index is 1060. The van der Waals surface area contributed by atoms with E-state index in [0.717, 1.165) is 20.7 Å². The lowest BCUT2D eigenvalue weighted by Gasteiger charge is -2.05. The topological polar surface area (TPSA) is 81.0 Å². The van der Waals surface area contributed by atoms with Gasteiger partial charge in [-0.3, -0.25) is 10.1 Å². The van der Waals surface area contributed by atoms with Crippen molar-refractivity contribution >= 4 is 38.7 Å². The predicted octanol–water partition coefficient (Wildman–Crippen LogP) is 5.01. The Balaban J connectivity index is 1.74. The first-order valence-corrected chi connectivity index (χ1v) is 8.34. The first-order valence-electron chi connectivity index (χ1n) is 7.52. The Kier molecular flexibility index (Phi) is 3.83. The summed E-state index contributed by atoms with van der Waals surface area (Å²) >= 11 is 1.58. The minimum Gasteiger partial charge on any atom is -0.339 e. The molecular formula is C18H12N4O2S. The largest absolute Gasteiger partial charge is 0.339 e. The van der Waals surface area contributed by atoms with Crippen LogP contribution in [0.1, 0.15) is 0 Å². The lowest BCUT2D eigenvalue weighted by atomic mass is 10.2. The van der Waals surface area contributed by atoms with E-state index in [4.69, 9.17) is 0 Å². The van der Waals surface area contributed by atoms with Crippen molar-refractivity contribution in [2.24, 2.45) is 0 Å². The second-order valence-corrected chi connectivity index (χ2v) is 6.38. The van der Waals surface area contributed by atoms with Gasteiger partial charge in [-0.05, 0) is 17.7 Å². The van der Waals surface area contributed by atoms with Gasteiger partial charge in [0.15, 0.2) is 0 Å². The molecule has 0 fully saturated rings. The van der Waals surface area contributed by atoms with Crippen LogP contribution < -0.4 is 5.32 Å². The molecule has 0 unspecified atom stereocenters. The fourth-order valence-corrected chi connectivity index (χ4v) is 3.54. The summed E-state index contributed by atoms with van der Waals surface area (Å²) in [5, 5.41) is 15.0. The molecule has 2 aromatic heterocycles. The summed E-state index contributed by atoms with van der Waals surface area (Å²) in [6.45, 7) is 0. The van der Waals surface area contributed by atoms with Gasteiger partial charge in [-0.1, -0.05) is 36.4 Å². The minimum absolute atomic E-state index is 0.0330. The minimum atomic E-state index is -0.418. The van der Waals surface area contributed by atoms with Crippen LogP contribution in [0, 0.1) is 10.1 Å². The van der Waals surface area contributed by atoms with Crippen molar-refractivity contribution in [2.75, 3.05) is 5.32 Å². The first-order chi connectivity index (χ1) is 12.2. The molecule has 0 saturated heterocycles. The molecular weight excluding hydrogens is 336 g/mol. The van der Waals surface area contributed by atoms with Gasteiger partial charge in [-0.15, -0.1) is 11.3 Å². The molecule has 7 heteroatoms. The maximum absolute atomic E-state index is 10.9.